The van der Waals surface area contributed by atoms with Gasteiger partial charge in [-0.2, -0.15) is 0 Å². The summed E-state index contributed by atoms with van der Waals surface area (Å²) in [6.07, 6.45) is 8.64. The minimum atomic E-state index is -2.54. The van der Waals surface area contributed by atoms with E-state index in [2.05, 4.69) is 151 Å². The van der Waals surface area contributed by atoms with Crippen molar-refractivity contribution in [2.45, 2.75) is 56.0 Å². The zero-order chi connectivity index (χ0) is 28.2. The van der Waals surface area contributed by atoms with Crippen molar-refractivity contribution < 1.29 is 0 Å². The van der Waals surface area contributed by atoms with Crippen LogP contribution in [0.4, 0.5) is 0 Å². The van der Waals surface area contributed by atoms with E-state index in [0.717, 1.165) is 32.4 Å². The van der Waals surface area contributed by atoms with Crippen molar-refractivity contribution in [1.82, 2.24) is 9.80 Å². The molecule has 0 aromatic heterocycles. The van der Waals surface area contributed by atoms with Gasteiger partial charge in [-0.1, -0.05) is 0 Å². The van der Waals surface area contributed by atoms with Crippen molar-refractivity contribution in [3.8, 4) is 0 Å². The molecule has 0 amide bonds. The van der Waals surface area contributed by atoms with Crippen LogP contribution in [0.1, 0.15) is 49.4 Å². The van der Waals surface area contributed by atoms with Crippen LogP contribution in [0, 0.1) is 12.3 Å². The van der Waals surface area contributed by atoms with Gasteiger partial charge in [-0.3, -0.25) is 0 Å². The second-order valence-electron chi connectivity index (χ2n) is 12.5. The zero-order valence-corrected chi connectivity index (χ0v) is 29.0. The van der Waals surface area contributed by atoms with Crippen LogP contribution in [0.2, 0.25) is 3.63 Å². The quantitative estimate of drug-likeness (QED) is 0.184. The van der Waals surface area contributed by atoms with Gasteiger partial charge in [0.15, 0.2) is 0 Å². The molecular formula is C36H49BiN2. The molecule has 1 aliphatic rings. The minimum absolute atomic E-state index is 0.0153. The molecule has 0 saturated heterocycles. The van der Waals surface area contributed by atoms with Crippen LogP contribution in [-0.2, 0) is 18.3 Å². The third kappa shape index (κ3) is 6.75. The Hall–Kier alpha value is -1.80. The molecular weight excluding hydrogens is 669 g/mol. The van der Waals surface area contributed by atoms with Crippen molar-refractivity contribution in [1.29, 1.82) is 0 Å². The van der Waals surface area contributed by atoms with Crippen molar-refractivity contribution in [2.75, 3.05) is 41.3 Å². The first kappa shape index (κ1) is 30.2. The summed E-state index contributed by atoms with van der Waals surface area (Å²) in [5, 5.41) is 0. The Balaban J connectivity index is 1.94. The maximum atomic E-state index is 2.70. The third-order valence-electron chi connectivity index (χ3n) is 8.54. The Morgan fingerprint density at radius 1 is 0.744 bits per heavy atom. The van der Waals surface area contributed by atoms with Gasteiger partial charge in [0.25, 0.3) is 0 Å². The molecule has 39 heavy (non-hydrogen) atoms. The normalized spacial score (nSPS) is 20.7. The van der Waals surface area contributed by atoms with Crippen molar-refractivity contribution in [2.24, 2.45) is 5.41 Å². The number of nitrogens with zero attached hydrogens (tertiary/aromatic N) is 2. The molecule has 1 aliphatic carbocycles. The number of hydrogen-bond donors (Lipinski definition) is 0. The topological polar surface area (TPSA) is 6.48 Å². The summed E-state index contributed by atoms with van der Waals surface area (Å²) in [6, 6.07) is 28.6. The molecule has 2 atom stereocenters. The Morgan fingerprint density at radius 2 is 1.23 bits per heavy atom. The van der Waals surface area contributed by atoms with Crippen LogP contribution >= 0.6 is 0 Å². The van der Waals surface area contributed by atoms with E-state index in [-0.39, 0.29) is 10.8 Å². The van der Waals surface area contributed by atoms with Crippen LogP contribution in [0.5, 0.6) is 0 Å². The summed E-state index contributed by atoms with van der Waals surface area (Å²) in [5.74, 6) is 0. The predicted molar refractivity (Wildman–Crippen MR) is 172 cm³/mol. The van der Waals surface area contributed by atoms with Gasteiger partial charge in [-0.25, -0.2) is 0 Å². The van der Waals surface area contributed by atoms with Gasteiger partial charge in [-0.05, 0) is 0 Å². The van der Waals surface area contributed by atoms with E-state index < -0.39 is 21.8 Å². The first-order chi connectivity index (χ1) is 18.6. The second kappa shape index (κ2) is 12.8. The molecule has 2 nitrogen and oxygen atoms in total. The molecule has 0 heterocycles. The summed E-state index contributed by atoms with van der Waals surface area (Å²) in [7, 11) is 9.09. The summed E-state index contributed by atoms with van der Waals surface area (Å²) in [5.41, 5.74) is 5.90. The summed E-state index contributed by atoms with van der Waals surface area (Å²) in [4.78, 5) is 4.91. The molecule has 0 N–H and O–H groups in total. The van der Waals surface area contributed by atoms with Crippen LogP contribution in [0.3, 0.4) is 0 Å². The first-order valence-corrected chi connectivity index (χ1v) is 20.1. The number of rotatable bonds is 10. The number of benzene rings is 3. The van der Waals surface area contributed by atoms with Gasteiger partial charge in [0, 0.05) is 0 Å². The van der Waals surface area contributed by atoms with Gasteiger partial charge in [-0.15, -0.1) is 0 Å². The Morgan fingerprint density at radius 3 is 1.67 bits per heavy atom. The molecule has 208 valence electrons. The third-order valence-corrected chi connectivity index (χ3v) is 20.1. The predicted octanol–water partition coefficient (Wildman–Crippen LogP) is 6.13. The fourth-order valence-electron chi connectivity index (χ4n) is 7.02. The maximum absolute atomic E-state index is 2.70. The number of aryl methyl sites for hydroxylation is 3. The summed E-state index contributed by atoms with van der Waals surface area (Å²) < 4.78 is 3.82. The summed E-state index contributed by atoms with van der Waals surface area (Å²) in [6.45, 7) is 11.5. The fourth-order valence-corrected chi connectivity index (χ4v) is 18.5. The molecule has 0 bridgehead atoms. The molecule has 4 rings (SSSR count). The fraction of sp³-hybridized carbons (Fsp3) is 0.444. The number of hydrogen-bond acceptors (Lipinski definition) is 2. The standard InChI is InChI=1S/C20H31N2.2C8H9.Bi/c1-17-10-7-8-11-18(17)19(2)12-9-13-20(14-19,15-21(3)4)16-22(5)6;2*1-2-8-6-4-3-5-7-8;/h7-13H,14-16H2,1-6H3;2*4-7H,2H2,1H3;. The van der Waals surface area contributed by atoms with Crippen molar-refractivity contribution in [3.63, 3.8) is 0 Å². The average Bonchev–Trinajstić information content (AvgIpc) is 2.90. The zero-order valence-electron chi connectivity index (χ0n) is 25.5. The molecule has 3 heteroatoms. The van der Waals surface area contributed by atoms with E-state index in [9.17, 15) is 0 Å². The van der Waals surface area contributed by atoms with E-state index in [4.69, 9.17) is 0 Å². The van der Waals surface area contributed by atoms with E-state index >= 15 is 0 Å². The van der Waals surface area contributed by atoms with Gasteiger partial charge >= 0.3 is 248 Å². The van der Waals surface area contributed by atoms with Gasteiger partial charge in [0.2, 0.25) is 0 Å². The SMILES string of the molecule is CCc1cc[c]([Bi]([c]2ccc(CC)cc2)[CH]2C=CC(C)(c3ccccc3C)CC2(CN(C)C)CN(C)C)cc1. The van der Waals surface area contributed by atoms with Gasteiger partial charge < -0.3 is 0 Å². The summed E-state index contributed by atoms with van der Waals surface area (Å²) >= 11 is -2.54. The monoisotopic (exact) mass is 718 g/mol. The molecule has 0 aliphatic heterocycles. The van der Waals surface area contributed by atoms with Crippen LogP contribution < -0.4 is 6.54 Å². The van der Waals surface area contributed by atoms with Crippen molar-refractivity contribution >= 4 is 28.3 Å². The van der Waals surface area contributed by atoms with E-state index in [1.54, 1.807) is 6.54 Å². The molecule has 2 unspecified atom stereocenters. The Labute approximate surface area is 246 Å². The molecule has 0 saturated carbocycles. The van der Waals surface area contributed by atoms with Crippen LogP contribution in [0.15, 0.2) is 84.9 Å². The van der Waals surface area contributed by atoms with Gasteiger partial charge in [0.1, 0.15) is 0 Å². The molecule has 3 aromatic rings. The molecule has 0 radical (unpaired) electrons. The van der Waals surface area contributed by atoms with E-state index in [1.807, 2.05) is 0 Å². The molecule has 3 aromatic carbocycles. The molecule has 0 fully saturated rings. The van der Waals surface area contributed by atoms with Gasteiger partial charge in [0.05, 0.1) is 0 Å². The van der Waals surface area contributed by atoms with E-state index in [0.29, 0.717) is 3.63 Å². The van der Waals surface area contributed by atoms with Crippen molar-refractivity contribution in [3.05, 3.63) is 107 Å². The molecule has 0 spiro atoms. The Kier molecular flexibility index (Phi) is 9.90. The second-order valence-corrected chi connectivity index (χ2v) is 21.5. The van der Waals surface area contributed by atoms with Crippen LogP contribution in [-0.4, -0.2) is 72.8 Å². The number of allylic oxidation sites excluding steroid dienone is 2. The van der Waals surface area contributed by atoms with Crippen LogP contribution in [0.25, 0.3) is 0 Å². The van der Waals surface area contributed by atoms with E-state index in [1.165, 1.54) is 22.3 Å². The Bertz CT molecular complexity index is 1180. The average molecular weight is 719 g/mol. The first-order valence-electron chi connectivity index (χ1n) is 14.6.